The van der Waals surface area contributed by atoms with Crippen LogP contribution in [0, 0.1) is 52.3 Å². The van der Waals surface area contributed by atoms with E-state index in [9.17, 15) is 19.2 Å². The normalized spacial score (nSPS) is 45.5. The second kappa shape index (κ2) is 10.7. The summed E-state index contributed by atoms with van der Waals surface area (Å²) in [5.41, 5.74) is 0.155. The van der Waals surface area contributed by atoms with Gasteiger partial charge in [0.15, 0.2) is 11.9 Å². The predicted octanol–water partition coefficient (Wildman–Crippen LogP) is 5.58. The summed E-state index contributed by atoms with van der Waals surface area (Å²) >= 11 is 0. The first-order valence-corrected chi connectivity index (χ1v) is 15.9. The summed E-state index contributed by atoms with van der Waals surface area (Å²) in [7, 11) is 0. The standard InChI is InChI=1S/C33H51NO6/c1-18-16-29(40-22(5)37)30(34(17-18)20(3)35)19(2)24-10-11-25-23-8-9-27-31(38)28(39-21(4)36)13-15-33(27,7)26(23)12-14-32(24,25)6/h18-19,23-30H,8-17H2,1-7H3/t18-,19+,23+,24-,25+,26+,27+,28+,29+,30-,32-,33-/m1/s1. The number of hydrogen-bond donors (Lipinski definition) is 0. The number of ketones is 1. The van der Waals surface area contributed by atoms with E-state index in [4.69, 9.17) is 9.47 Å². The number of amides is 1. The van der Waals surface area contributed by atoms with Gasteiger partial charge in [0.2, 0.25) is 5.91 Å². The largest absolute Gasteiger partial charge is 0.460 e. The van der Waals surface area contributed by atoms with Gasteiger partial charge >= 0.3 is 11.9 Å². The molecular formula is C33H51NO6. The van der Waals surface area contributed by atoms with Gasteiger partial charge in [-0.25, -0.2) is 0 Å². The van der Waals surface area contributed by atoms with Crippen molar-refractivity contribution in [2.75, 3.05) is 6.54 Å². The van der Waals surface area contributed by atoms with Crippen molar-refractivity contribution >= 4 is 23.6 Å². The van der Waals surface area contributed by atoms with E-state index in [0.29, 0.717) is 36.0 Å². The van der Waals surface area contributed by atoms with Crippen LogP contribution in [-0.2, 0) is 28.7 Å². The first-order chi connectivity index (χ1) is 18.8. The maximum atomic E-state index is 13.5. The fourth-order valence-electron chi connectivity index (χ4n) is 11.1. The van der Waals surface area contributed by atoms with Gasteiger partial charge in [-0.1, -0.05) is 27.7 Å². The lowest BCUT2D eigenvalue weighted by molar-refractivity contribution is -0.174. The number of hydrogen-bond acceptors (Lipinski definition) is 6. The summed E-state index contributed by atoms with van der Waals surface area (Å²) < 4.78 is 11.3. The highest BCUT2D eigenvalue weighted by atomic mass is 16.5. The third-order valence-corrected chi connectivity index (χ3v) is 12.6. The molecule has 0 spiro atoms. The monoisotopic (exact) mass is 557 g/mol. The van der Waals surface area contributed by atoms with E-state index >= 15 is 0 Å². The van der Waals surface area contributed by atoms with E-state index in [1.807, 2.05) is 4.90 Å². The van der Waals surface area contributed by atoms with Crippen molar-refractivity contribution in [3.8, 4) is 0 Å². The van der Waals surface area contributed by atoms with Crippen LogP contribution in [0.25, 0.3) is 0 Å². The van der Waals surface area contributed by atoms with E-state index < -0.39 is 6.10 Å². The van der Waals surface area contributed by atoms with Crippen LogP contribution < -0.4 is 0 Å². The number of fused-ring (bicyclic) bond motifs is 5. The van der Waals surface area contributed by atoms with Gasteiger partial charge in [-0.05, 0) is 104 Å². The van der Waals surface area contributed by atoms with Crippen molar-refractivity contribution in [1.29, 1.82) is 0 Å². The zero-order valence-corrected chi connectivity index (χ0v) is 25.7. The zero-order chi connectivity index (χ0) is 29.1. The Kier molecular flexibility index (Phi) is 7.93. The molecule has 0 unspecified atom stereocenters. The third kappa shape index (κ3) is 4.81. The summed E-state index contributed by atoms with van der Waals surface area (Å²) in [6.45, 7) is 14.6. The molecule has 224 valence electrons. The van der Waals surface area contributed by atoms with Crippen LogP contribution in [0.15, 0.2) is 0 Å². The lowest BCUT2D eigenvalue weighted by Gasteiger charge is -2.61. The summed E-state index contributed by atoms with van der Waals surface area (Å²) in [6, 6.07) is -0.0849. The summed E-state index contributed by atoms with van der Waals surface area (Å²) in [4.78, 5) is 52.0. The molecule has 1 aliphatic heterocycles. The molecule has 40 heavy (non-hydrogen) atoms. The van der Waals surface area contributed by atoms with Gasteiger partial charge in [0.05, 0.1) is 6.04 Å². The Balaban J connectivity index is 1.37. The number of Topliss-reactive ketones (excluding diaryl/α,β-unsaturated/α-hetero) is 1. The van der Waals surface area contributed by atoms with Crippen molar-refractivity contribution in [2.45, 2.75) is 125 Å². The highest BCUT2D eigenvalue weighted by Crippen LogP contribution is 2.68. The molecule has 4 saturated carbocycles. The number of rotatable bonds is 4. The Bertz CT molecular complexity index is 1040. The van der Waals surface area contributed by atoms with E-state index in [0.717, 1.165) is 51.5 Å². The van der Waals surface area contributed by atoms with Crippen LogP contribution in [0.2, 0.25) is 0 Å². The van der Waals surface area contributed by atoms with Gasteiger partial charge in [-0.3, -0.25) is 19.2 Å². The van der Waals surface area contributed by atoms with Crippen molar-refractivity contribution in [3.05, 3.63) is 0 Å². The maximum Gasteiger partial charge on any atom is 0.303 e. The molecule has 7 heteroatoms. The van der Waals surface area contributed by atoms with Gasteiger partial charge in [-0.15, -0.1) is 0 Å². The molecule has 0 radical (unpaired) electrons. The maximum absolute atomic E-state index is 13.5. The van der Waals surface area contributed by atoms with Crippen LogP contribution in [0.3, 0.4) is 0 Å². The SMILES string of the molecule is CC(=O)O[C@H]1CC[C@@]2(C)[C@@H](CC[C@@H]3[C@@H]2CC[C@]2(C)[C@@H]([C@H](C)[C@@H]4[C@@H](OC(C)=O)C[C@@H](C)CN4C(C)=O)CC[C@@H]32)C1=O. The Labute approximate surface area is 240 Å². The first-order valence-electron chi connectivity index (χ1n) is 15.9. The van der Waals surface area contributed by atoms with Crippen LogP contribution in [0.4, 0.5) is 0 Å². The number of nitrogens with zero attached hydrogens (tertiary/aromatic N) is 1. The lowest BCUT2D eigenvalue weighted by Crippen LogP contribution is -2.60. The molecule has 1 heterocycles. The Hall–Kier alpha value is -1.92. The number of piperidine rings is 1. The molecule has 0 aromatic rings. The molecule has 0 bridgehead atoms. The lowest BCUT2D eigenvalue weighted by atomic mass is 9.44. The summed E-state index contributed by atoms with van der Waals surface area (Å²) in [5, 5.41) is 0. The number of carbonyl (C=O) groups is 4. The first kappa shape index (κ1) is 29.6. The van der Waals surface area contributed by atoms with Crippen LogP contribution in [-0.4, -0.2) is 53.3 Å². The summed E-state index contributed by atoms with van der Waals surface area (Å²) in [6.07, 6.45) is 8.15. The van der Waals surface area contributed by atoms with Gasteiger partial charge < -0.3 is 14.4 Å². The minimum absolute atomic E-state index is 0.00910. The Morgan fingerprint density at radius 3 is 2.17 bits per heavy atom. The van der Waals surface area contributed by atoms with E-state index in [1.165, 1.54) is 20.3 Å². The van der Waals surface area contributed by atoms with Crippen LogP contribution in [0.5, 0.6) is 0 Å². The average Bonchev–Trinajstić information content (AvgIpc) is 3.22. The molecule has 1 amide bonds. The minimum atomic E-state index is -0.565. The van der Waals surface area contributed by atoms with Crippen molar-refractivity contribution in [2.24, 2.45) is 52.3 Å². The molecular weight excluding hydrogens is 506 g/mol. The highest BCUT2D eigenvalue weighted by molar-refractivity contribution is 5.89. The van der Waals surface area contributed by atoms with Gasteiger partial charge in [-0.2, -0.15) is 0 Å². The zero-order valence-electron chi connectivity index (χ0n) is 25.7. The van der Waals surface area contributed by atoms with Crippen LogP contribution in [0.1, 0.15) is 106 Å². The summed E-state index contributed by atoms with van der Waals surface area (Å²) in [5.74, 6) is 2.33. The third-order valence-electron chi connectivity index (χ3n) is 12.6. The topological polar surface area (TPSA) is 90.0 Å². The van der Waals surface area contributed by atoms with Crippen LogP contribution >= 0.6 is 0 Å². The average molecular weight is 558 g/mol. The molecule has 0 N–H and O–H groups in total. The minimum Gasteiger partial charge on any atom is -0.460 e. The highest BCUT2D eigenvalue weighted by Gasteiger charge is 2.63. The molecule has 0 aromatic carbocycles. The van der Waals surface area contributed by atoms with Gasteiger partial charge in [0, 0.05) is 33.2 Å². The number of ether oxygens (including phenoxy) is 2. The molecule has 0 aromatic heterocycles. The van der Waals surface area contributed by atoms with Gasteiger partial charge in [0.1, 0.15) is 6.10 Å². The number of likely N-dealkylation sites (tertiary alicyclic amines) is 1. The number of esters is 2. The second-order valence-corrected chi connectivity index (χ2v) is 14.8. The van der Waals surface area contributed by atoms with Crippen molar-refractivity contribution in [1.82, 2.24) is 4.90 Å². The second-order valence-electron chi connectivity index (χ2n) is 14.8. The van der Waals surface area contributed by atoms with E-state index in [2.05, 4.69) is 27.7 Å². The smallest absolute Gasteiger partial charge is 0.303 e. The van der Waals surface area contributed by atoms with Gasteiger partial charge in [0.25, 0.3) is 0 Å². The quantitative estimate of drug-likeness (QED) is 0.419. The molecule has 12 atom stereocenters. The molecule has 5 aliphatic rings. The fourth-order valence-corrected chi connectivity index (χ4v) is 11.1. The van der Waals surface area contributed by atoms with E-state index in [1.54, 1.807) is 6.92 Å². The fraction of sp³-hybridized carbons (Fsp3) is 0.879. The Morgan fingerprint density at radius 1 is 0.875 bits per heavy atom. The van der Waals surface area contributed by atoms with Crippen molar-refractivity contribution in [3.63, 3.8) is 0 Å². The van der Waals surface area contributed by atoms with E-state index in [-0.39, 0.29) is 58.4 Å². The molecule has 5 rings (SSSR count). The predicted molar refractivity (Wildman–Crippen MR) is 151 cm³/mol. The molecule has 1 saturated heterocycles. The van der Waals surface area contributed by atoms with Crippen molar-refractivity contribution < 1.29 is 28.7 Å². The number of carbonyl (C=O) groups excluding carboxylic acids is 4. The Morgan fingerprint density at radius 2 is 1.52 bits per heavy atom. The molecule has 5 fully saturated rings. The molecule has 7 nitrogen and oxygen atoms in total. The molecule has 4 aliphatic carbocycles.